The van der Waals surface area contributed by atoms with Gasteiger partial charge >= 0.3 is 0 Å². The van der Waals surface area contributed by atoms with E-state index in [0.29, 0.717) is 12.3 Å². The normalized spacial score (nSPS) is 10.6. The Hall–Kier alpha value is -2.60. The van der Waals surface area contributed by atoms with E-state index < -0.39 is 0 Å². The summed E-state index contributed by atoms with van der Waals surface area (Å²) in [7, 11) is 0. The molecule has 0 fully saturated rings. The Morgan fingerprint density at radius 2 is 1.93 bits per heavy atom. The van der Waals surface area contributed by atoms with Crippen molar-refractivity contribution in [2.45, 2.75) is 26.8 Å². The van der Waals surface area contributed by atoms with Crippen molar-refractivity contribution in [3.8, 4) is 11.4 Å². The average molecular weight is 428 g/mol. The predicted octanol–water partition coefficient (Wildman–Crippen LogP) is 4.20. The molecular weight excluding hydrogens is 406 g/mol. The quantitative estimate of drug-likeness (QED) is 0.614. The number of aromatic nitrogens is 2. The molecule has 3 aromatic rings. The second kappa shape index (κ2) is 8.86. The van der Waals surface area contributed by atoms with Crippen molar-refractivity contribution in [1.82, 2.24) is 14.9 Å². The van der Waals surface area contributed by atoms with Gasteiger partial charge in [0.25, 0.3) is 5.91 Å². The number of hydrogen-bond donors (Lipinski definition) is 1. The van der Waals surface area contributed by atoms with Crippen LogP contribution in [0.3, 0.4) is 0 Å². The van der Waals surface area contributed by atoms with Gasteiger partial charge < -0.3 is 14.6 Å². The third-order valence-corrected chi connectivity index (χ3v) is 4.91. The minimum Gasteiger partial charge on any atom is -0.483 e. The molecular formula is C21H22BrN3O2. The largest absolute Gasteiger partial charge is 0.483 e. The Morgan fingerprint density at radius 1 is 1.19 bits per heavy atom. The highest BCUT2D eigenvalue weighted by Gasteiger charge is 2.07. The predicted molar refractivity (Wildman–Crippen MR) is 109 cm³/mol. The van der Waals surface area contributed by atoms with Crippen LogP contribution in [0.2, 0.25) is 0 Å². The van der Waals surface area contributed by atoms with E-state index in [1.807, 2.05) is 60.2 Å². The first-order chi connectivity index (χ1) is 13.1. The number of benzene rings is 2. The van der Waals surface area contributed by atoms with Gasteiger partial charge in [-0.1, -0.05) is 25.1 Å². The Kier molecular flexibility index (Phi) is 6.29. The SMILES string of the molecule is CCc1ccc(OCC(=O)NCc2ccc(-n3ccnc3C)cc2)c(Br)c1. The van der Waals surface area contributed by atoms with Gasteiger partial charge in [-0.05, 0) is 64.7 Å². The summed E-state index contributed by atoms with van der Waals surface area (Å²) in [5.74, 6) is 1.45. The molecule has 1 heterocycles. The summed E-state index contributed by atoms with van der Waals surface area (Å²) < 4.78 is 8.47. The van der Waals surface area contributed by atoms with Crippen LogP contribution in [0.5, 0.6) is 5.75 Å². The molecule has 1 aromatic heterocycles. The van der Waals surface area contributed by atoms with Crippen molar-refractivity contribution in [3.05, 3.63) is 76.3 Å². The lowest BCUT2D eigenvalue weighted by Crippen LogP contribution is -2.28. The molecule has 0 saturated carbocycles. The average Bonchev–Trinajstić information content (AvgIpc) is 3.11. The first-order valence-corrected chi connectivity index (χ1v) is 9.63. The molecule has 0 aliphatic carbocycles. The maximum absolute atomic E-state index is 12.1. The van der Waals surface area contributed by atoms with Crippen LogP contribution in [-0.2, 0) is 17.8 Å². The van der Waals surface area contributed by atoms with Gasteiger partial charge in [-0.25, -0.2) is 4.98 Å². The van der Waals surface area contributed by atoms with Gasteiger partial charge in [-0.2, -0.15) is 0 Å². The summed E-state index contributed by atoms with van der Waals surface area (Å²) in [6.07, 6.45) is 4.66. The number of amides is 1. The summed E-state index contributed by atoms with van der Waals surface area (Å²) in [5, 5.41) is 2.88. The topological polar surface area (TPSA) is 56.1 Å². The second-order valence-corrected chi connectivity index (χ2v) is 7.05. The molecule has 0 atom stereocenters. The van der Waals surface area contributed by atoms with Gasteiger partial charge in [0.05, 0.1) is 4.47 Å². The number of halogens is 1. The summed E-state index contributed by atoms with van der Waals surface area (Å²) in [4.78, 5) is 16.3. The number of carbonyl (C=O) groups is 1. The highest BCUT2D eigenvalue weighted by molar-refractivity contribution is 9.10. The molecule has 0 bridgehead atoms. The van der Waals surface area contributed by atoms with Crippen molar-refractivity contribution in [1.29, 1.82) is 0 Å². The van der Waals surface area contributed by atoms with E-state index in [1.54, 1.807) is 6.20 Å². The zero-order valence-electron chi connectivity index (χ0n) is 15.4. The van der Waals surface area contributed by atoms with Crippen molar-refractivity contribution in [2.24, 2.45) is 0 Å². The van der Waals surface area contributed by atoms with Gasteiger partial charge in [-0.15, -0.1) is 0 Å². The number of hydrogen-bond acceptors (Lipinski definition) is 3. The highest BCUT2D eigenvalue weighted by Crippen LogP contribution is 2.26. The maximum atomic E-state index is 12.1. The molecule has 1 N–H and O–H groups in total. The third kappa shape index (κ3) is 4.98. The van der Waals surface area contributed by atoms with Crippen LogP contribution in [0.15, 0.2) is 59.3 Å². The van der Waals surface area contributed by atoms with Crippen molar-refractivity contribution in [3.63, 3.8) is 0 Å². The van der Waals surface area contributed by atoms with Crippen LogP contribution in [0.25, 0.3) is 5.69 Å². The summed E-state index contributed by atoms with van der Waals surface area (Å²) >= 11 is 3.48. The van der Waals surface area contributed by atoms with E-state index in [2.05, 4.69) is 33.2 Å². The van der Waals surface area contributed by atoms with Gasteiger partial charge in [0, 0.05) is 24.6 Å². The second-order valence-electron chi connectivity index (χ2n) is 6.19. The zero-order chi connectivity index (χ0) is 19.2. The van der Waals surface area contributed by atoms with Gasteiger partial charge in [-0.3, -0.25) is 4.79 Å². The van der Waals surface area contributed by atoms with E-state index in [4.69, 9.17) is 4.74 Å². The Morgan fingerprint density at radius 3 is 2.56 bits per heavy atom. The Bertz CT molecular complexity index is 919. The van der Waals surface area contributed by atoms with Crippen LogP contribution >= 0.6 is 15.9 Å². The van der Waals surface area contributed by atoms with E-state index >= 15 is 0 Å². The fraction of sp³-hybridized carbons (Fsp3) is 0.238. The summed E-state index contributed by atoms with van der Waals surface area (Å²) in [5.41, 5.74) is 3.29. The number of rotatable bonds is 7. The number of nitrogens with zero attached hydrogens (tertiary/aromatic N) is 2. The van der Waals surface area contributed by atoms with Gasteiger partial charge in [0.1, 0.15) is 11.6 Å². The smallest absolute Gasteiger partial charge is 0.258 e. The Balaban J connectivity index is 1.50. The van der Waals surface area contributed by atoms with E-state index in [-0.39, 0.29) is 12.5 Å². The van der Waals surface area contributed by atoms with Crippen LogP contribution in [0.4, 0.5) is 0 Å². The summed E-state index contributed by atoms with van der Waals surface area (Å²) in [6, 6.07) is 13.9. The van der Waals surface area contributed by atoms with Crippen LogP contribution in [0.1, 0.15) is 23.9 Å². The fourth-order valence-electron chi connectivity index (χ4n) is 2.70. The number of nitrogens with one attached hydrogen (secondary N) is 1. The number of aryl methyl sites for hydroxylation is 2. The lowest BCUT2D eigenvalue weighted by molar-refractivity contribution is -0.123. The molecule has 0 saturated heterocycles. The minimum absolute atomic E-state index is 0.0175. The summed E-state index contributed by atoms with van der Waals surface area (Å²) in [6.45, 7) is 4.50. The Labute approximate surface area is 167 Å². The monoisotopic (exact) mass is 427 g/mol. The molecule has 0 unspecified atom stereocenters. The highest BCUT2D eigenvalue weighted by atomic mass is 79.9. The standard InChI is InChI=1S/C21H22BrN3O2/c1-3-16-6-9-20(19(22)12-16)27-14-21(26)24-13-17-4-7-18(8-5-17)25-11-10-23-15(25)2/h4-12H,3,13-14H2,1-2H3,(H,24,26). The molecule has 1 amide bonds. The van der Waals surface area contributed by atoms with E-state index in [1.165, 1.54) is 5.56 Å². The lowest BCUT2D eigenvalue weighted by Gasteiger charge is -2.10. The molecule has 6 heteroatoms. The lowest BCUT2D eigenvalue weighted by atomic mass is 10.2. The molecule has 27 heavy (non-hydrogen) atoms. The van der Waals surface area contributed by atoms with Crippen LogP contribution < -0.4 is 10.1 Å². The van der Waals surface area contributed by atoms with Gasteiger partial charge in [0.15, 0.2) is 6.61 Å². The van der Waals surface area contributed by atoms with Crippen LogP contribution in [0, 0.1) is 6.92 Å². The zero-order valence-corrected chi connectivity index (χ0v) is 17.0. The minimum atomic E-state index is -0.156. The van der Waals surface area contributed by atoms with Gasteiger partial charge in [0.2, 0.25) is 0 Å². The molecule has 0 radical (unpaired) electrons. The molecule has 5 nitrogen and oxygen atoms in total. The number of ether oxygens (including phenoxy) is 1. The first kappa shape index (κ1) is 19.2. The number of carbonyl (C=O) groups excluding carboxylic acids is 1. The fourth-order valence-corrected chi connectivity index (χ4v) is 3.24. The molecule has 2 aromatic carbocycles. The van der Waals surface area contributed by atoms with Crippen molar-refractivity contribution < 1.29 is 9.53 Å². The maximum Gasteiger partial charge on any atom is 0.258 e. The molecule has 0 aliphatic heterocycles. The molecule has 3 rings (SSSR count). The number of imidazole rings is 1. The molecule has 0 aliphatic rings. The van der Waals surface area contributed by atoms with Crippen molar-refractivity contribution >= 4 is 21.8 Å². The van der Waals surface area contributed by atoms with Crippen LogP contribution in [-0.4, -0.2) is 22.1 Å². The molecule has 0 spiro atoms. The van der Waals surface area contributed by atoms with E-state index in [9.17, 15) is 4.79 Å². The molecule has 140 valence electrons. The third-order valence-electron chi connectivity index (χ3n) is 4.29. The van der Waals surface area contributed by atoms with E-state index in [0.717, 1.165) is 28.0 Å². The van der Waals surface area contributed by atoms with Crippen molar-refractivity contribution in [2.75, 3.05) is 6.61 Å². The first-order valence-electron chi connectivity index (χ1n) is 8.84.